The molecule has 0 aromatic carbocycles. The Balaban J connectivity index is 0. The minimum absolute atomic E-state index is 0. The van der Waals surface area contributed by atoms with Crippen molar-refractivity contribution in [2.24, 2.45) is 22.3 Å². The summed E-state index contributed by atoms with van der Waals surface area (Å²) in [5.74, 6) is 0. The summed E-state index contributed by atoms with van der Waals surface area (Å²) in [6.07, 6.45) is 7.88. The third-order valence-corrected chi connectivity index (χ3v) is 6.41. The maximum Gasteiger partial charge on any atom is 0.0211 e. The molecule has 0 saturated carbocycles. The molecule has 0 unspecified atom stereocenters. The fraction of sp³-hybridized carbons (Fsp3) is 1.00. The van der Waals surface area contributed by atoms with Gasteiger partial charge in [-0.2, -0.15) is 0 Å². The molecule has 0 atom stereocenters. The van der Waals surface area contributed by atoms with E-state index >= 15 is 0 Å². The van der Waals surface area contributed by atoms with Crippen LogP contribution in [0.4, 0.5) is 0 Å². The SMILES string of the molecule is CCC(N)(CC)C(CC)(CC)C(CC)(CC)CCN.O. The van der Waals surface area contributed by atoms with E-state index in [1.54, 1.807) is 0 Å². The molecule has 0 aromatic heterocycles. The van der Waals surface area contributed by atoms with Crippen molar-refractivity contribution in [1.82, 2.24) is 0 Å². The van der Waals surface area contributed by atoms with Crippen LogP contribution in [-0.2, 0) is 0 Å². The van der Waals surface area contributed by atoms with Gasteiger partial charge in [0.25, 0.3) is 0 Å². The van der Waals surface area contributed by atoms with Crippen molar-refractivity contribution < 1.29 is 5.48 Å². The van der Waals surface area contributed by atoms with Crippen LogP contribution in [0.3, 0.4) is 0 Å². The molecule has 0 aliphatic carbocycles. The van der Waals surface area contributed by atoms with E-state index in [2.05, 4.69) is 41.5 Å². The second kappa shape index (κ2) is 9.01. The predicted molar refractivity (Wildman–Crippen MR) is 90.8 cm³/mol. The lowest BCUT2D eigenvalue weighted by Gasteiger charge is -2.59. The van der Waals surface area contributed by atoms with Crippen molar-refractivity contribution >= 4 is 0 Å². The predicted octanol–water partition coefficient (Wildman–Crippen LogP) is 3.64. The first kappa shape index (κ1) is 22.2. The zero-order chi connectivity index (χ0) is 15.2. The molecule has 0 heterocycles. The fourth-order valence-electron chi connectivity index (χ4n) is 4.95. The standard InChI is InChI=1S/C17H38N2.H2O/c1-7-15(8-2,13-14-18)16(9-3,10-4)17(19,11-5)12-6;/h7-14,18-19H2,1-6H3;1H2. The lowest BCUT2D eigenvalue weighted by molar-refractivity contribution is -0.0655. The second-order valence-corrected chi connectivity index (χ2v) is 6.18. The molecule has 6 N–H and O–H groups in total. The first-order valence-corrected chi connectivity index (χ1v) is 8.41. The lowest BCUT2D eigenvalue weighted by Crippen LogP contribution is -2.62. The summed E-state index contributed by atoms with van der Waals surface area (Å²) in [4.78, 5) is 0. The molecule has 3 nitrogen and oxygen atoms in total. The van der Waals surface area contributed by atoms with Gasteiger partial charge in [0, 0.05) is 5.54 Å². The van der Waals surface area contributed by atoms with E-state index in [1.807, 2.05) is 0 Å². The summed E-state index contributed by atoms with van der Waals surface area (Å²) in [7, 11) is 0. The third kappa shape index (κ3) is 3.20. The number of hydrogen-bond donors (Lipinski definition) is 2. The van der Waals surface area contributed by atoms with Crippen molar-refractivity contribution in [3.63, 3.8) is 0 Å². The Morgan fingerprint density at radius 1 is 0.700 bits per heavy atom. The molecule has 0 amide bonds. The van der Waals surface area contributed by atoms with Crippen LogP contribution in [0.1, 0.15) is 86.5 Å². The van der Waals surface area contributed by atoms with Crippen LogP contribution < -0.4 is 11.5 Å². The molecule has 0 aliphatic rings. The Morgan fingerprint density at radius 3 is 1.30 bits per heavy atom. The third-order valence-electron chi connectivity index (χ3n) is 6.41. The maximum absolute atomic E-state index is 6.92. The van der Waals surface area contributed by atoms with Crippen LogP contribution in [-0.4, -0.2) is 17.6 Å². The molecule has 3 heteroatoms. The zero-order valence-electron chi connectivity index (χ0n) is 14.8. The fourth-order valence-corrected chi connectivity index (χ4v) is 4.95. The van der Waals surface area contributed by atoms with E-state index in [9.17, 15) is 0 Å². The van der Waals surface area contributed by atoms with E-state index in [1.165, 1.54) is 12.8 Å². The first-order chi connectivity index (χ1) is 8.92. The molecule has 124 valence electrons. The van der Waals surface area contributed by atoms with Crippen molar-refractivity contribution in [1.29, 1.82) is 0 Å². The van der Waals surface area contributed by atoms with Gasteiger partial charge in [-0.25, -0.2) is 0 Å². The van der Waals surface area contributed by atoms with E-state index in [-0.39, 0.29) is 21.8 Å². The molecule has 0 bridgehead atoms. The summed E-state index contributed by atoms with van der Waals surface area (Å²) in [5, 5.41) is 0. The van der Waals surface area contributed by atoms with Crippen LogP contribution in [0.2, 0.25) is 0 Å². The average Bonchev–Trinajstić information content (AvgIpc) is 2.47. The molecular formula is C17H40N2O. The van der Waals surface area contributed by atoms with Gasteiger partial charge in [0.05, 0.1) is 0 Å². The molecule has 0 saturated heterocycles. The summed E-state index contributed by atoms with van der Waals surface area (Å²) in [6.45, 7) is 14.6. The molecular weight excluding hydrogens is 248 g/mol. The van der Waals surface area contributed by atoms with E-state index in [0.29, 0.717) is 0 Å². The molecule has 0 aromatic rings. The number of rotatable bonds is 10. The Bertz CT molecular complexity index is 241. The number of nitrogens with two attached hydrogens (primary N) is 2. The Morgan fingerprint density at radius 2 is 1.10 bits per heavy atom. The first-order valence-electron chi connectivity index (χ1n) is 8.41. The molecule has 0 radical (unpaired) electrons. The molecule has 0 rings (SSSR count). The van der Waals surface area contributed by atoms with Gasteiger partial charge in [-0.3, -0.25) is 0 Å². The maximum atomic E-state index is 6.92. The Labute approximate surface area is 127 Å². The topological polar surface area (TPSA) is 83.5 Å². The van der Waals surface area contributed by atoms with Gasteiger partial charge < -0.3 is 16.9 Å². The molecule has 20 heavy (non-hydrogen) atoms. The summed E-state index contributed by atoms with van der Waals surface area (Å²) < 4.78 is 0. The monoisotopic (exact) mass is 288 g/mol. The highest BCUT2D eigenvalue weighted by atomic mass is 16.0. The zero-order valence-corrected chi connectivity index (χ0v) is 14.8. The van der Waals surface area contributed by atoms with Gasteiger partial charge in [-0.05, 0) is 62.3 Å². The van der Waals surface area contributed by atoms with Gasteiger partial charge in [-0.1, -0.05) is 41.5 Å². The molecule has 0 spiro atoms. The molecule has 0 aliphatic heterocycles. The van der Waals surface area contributed by atoms with E-state index in [4.69, 9.17) is 11.5 Å². The Kier molecular flexibility index (Phi) is 9.99. The summed E-state index contributed by atoms with van der Waals surface area (Å²) >= 11 is 0. The van der Waals surface area contributed by atoms with E-state index in [0.717, 1.165) is 38.6 Å². The molecule has 0 fully saturated rings. The summed E-state index contributed by atoms with van der Waals surface area (Å²) in [6, 6.07) is 0. The minimum Gasteiger partial charge on any atom is -0.412 e. The van der Waals surface area contributed by atoms with Crippen LogP contribution in [0.15, 0.2) is 0 Å². The van der Waals surface area contributed by atoms with Gasteiger partial charge in [-0.15, -0.1) is 0 Å². The normalized spacial score (nSPS) is 13.2. The summed E-state index contributed by atoms with van der Waals surface area (Å²) in [5.41, 5.74) is 13.3. The lowest BCUT2D eigenvalue weighted by atomic mass is 9.47. The van der Waals surface area contributed by atoms with Crippen molar-refractivity contribution in [2.45, 2.75) is 92.0 Å². The van der Waals surface area contributed by atoms with Gasteiger partial charge >= 0.3 is 0 Å². The highest BCUT2D eigenvalue weighted by Crippen LogP contribution is 2.58. The van der Waals surface area contributed by atoms with Crippen LogP contribution in [0.25, 0.3) is 0 Å². The minimum atomic E-state index is -0.0717. The van der Waals surface area contributed by atoms with E-state index < -0.39 is 0 Å². The van der Waals surface area contributed by atoms with Gasteiger partial charge in [0.2, 0.25) is 0 Å². The van der Waals surface area contributed by atoms with Crippen molar-refractivity contribution in [2.75, 3.05) is 6.54 Å². The van der Waals surface area contributed by atoms with Crippen molar-refractivity contribution in [3.8, 4) is 0 Å². The average molecular weight is 289 g/mol. The van der Waals surface area contributed by atoms with Crippen molar-refractivity contribution in [3.05, 3.63) is 0 Å². The van der Waals surface area contributed by atoms with Gasteiger partial charge in [0.15, 0.2) is 0 Å². The quantitative estimate of drug-likeness (QED) is 0.643. The number of hydrogen-bond acceptors (Lipinski definition) is 2. The highest BCUT2D eigenvalue weighted by molar-refractivity contribution is 5.09. The smallest absolute Gasteiger partial charge is 0.0211 e. The second-order valence-electron chi connectivity index (χ2n) is 6.18. The van der Waals surface area contributed by atoms with Crippen LogP contribution in [0.5, 0.6) is 0 Å². The largest absolute Gasteiger partial charge is 0.412 e. The van der Waals surface area contributed by atoms with Gasteiger partial charge in [0.1, 0.15) is 0 Å². The van der Waals surface area contributed by atoms with Crippen LogP contribution >= 0.6 is 0 Å². The van der Waals surface area contributed by atoms with Crippen LogP contribution in [0, 0.1) is 10.8 Å². The Hall–Kier alpha value is -0.120. The highest BCUT2D eigenvalue weighted by Gasteiger charge is 2.55.